The lowest BCUT2D eigenvalue weighted by molar-refractivity contribution is 0.102. The van der Waals surface area contributed by atoms with Crippen molar-refractivity contribution in [2.24, 2.45) is 0 Å². The third-order valence-corrected chi connectivity index (χ3v) is 4.98. The van der Waals surface area contributed by atoms with Gasteiger partial charge in [0.2, 0.25) is 5.71 Å². The van der Waals surface area contributed by atoms with E-state index in [4.69, 9.17) is 18.6 Å². The van der Waals surface area contributed by atoms with E-state index < -0.39 is 0 Å². The Balaban J connectivity index is 1.50. The minimum atomic E-state index is -0.290. The van der Waals surface area contributed by atoms with E-state index in [0.717, 1.165) is 0 Å². The Morgan fingerprint density at radius 1 is 1.07 bits per heavy atom. The van der Waals surface area contributed by atoms with E-state index in [1.165, 1.54) is 6.33 Å². The van der Waals surface area contributed by atoms with Crippen LogP contribution in [0.3, 0.4) is 0 Å². The van der Waals surface area contributed by atoms with Crippen molar-refractivity contribution < 1.29 is 23.4 Å². The number of hydrogen-bond donors (Lipinski definition) is 1. The molecule has 1 N–H and O–H groups in total. The molecule has 0 atom stereocenters. The number of morpholine rings is 1. The fourth-order valence-electron chi connectivity index (χ4n) is 3.63. The van der Waals surface area contributed by atoms with Gasteiger partial charge in [0, 0.05) is 24.8 Å². The molecule has 0 saturated carbocycles. The highest BCUT2D eigenvalue weighted by molar-refractivity contribution is 6.15. The predicted octanol–water partition coefficient (Wildman–Crippen LogP) is 2.39. The van der Waals surface area contributed by atoms with Crippen molar-refractivity contribution in [3.8, 4) is 11.5 Å². The van der Waals surface area contributed by atoms with Crippen LogP contribution in [0.15, 0.2) is 28.9 Å². The number of aryl methyl sites for hydroxylation is 1. The summed E-state index contributed by atoms with van der Waals surface area (Å²) in [5, 5.41) is 3.54. The predicted molar refractivity (Wildman–Crippen MR) is 105 cm³/mol. The SMILES string of the molecule is Cc1oc2ncnc(N3CCOCC3)c2c1C(=O)Nc1ccc2c(c1)OCCO2. The van der Waals surface area contributed by atoms with Crippen molar-refractivity contribution in [1.82, 2.24) is 9.97 Å². The van der Waals surface area contributed by atoms with Crippen LogP contribution >= 0.6 is 0 Å². The first-order chi connectivity index (χ1) is 14.2. The molecule has 1 aromatic carbocycles. The number of hydrogen-bond acceptors (Lipinski definition) is 8. The smallest absolute Gasteiger partial charge is 0.260 e. The van der Waals surface area contributed by atoms with Gasteiger partial charge in [-0.15, -0.1) is 0 Å². The van der Waals surface area contributed by atoms with Crippen LogP contribution in [-0.2, 0) is 4.74 Å². The molecule has 9 nitrogen and oxygen atoms in total. The van der Waals surface area contributed by atoms with E-state index in [1.807, 2.05) is 0 Å². The van der Waals surface area contributed by atoms with Gasteiger partial charge in [-0.2, -0.15) is 0 Å². The summed E-state index contributed by atoms with van der Waals surface area (Å²) in [6.45, 7) is 5.37. The summed E-state index contributed by atoms with van der Waals surface area (Å²) >= 11 is 0. The monoisotopic (exact) mass is 396 g/mol. The molecule has 1 fully saturated rings. The molecule has 0 spiro atoms. The number of aromatic nitrogens is 2. The van der Waals surface area contributed by atoms with Gasteiger partial charge >= 0.3 is 0 Å². The second kappa shape index (κ2) is 7.25. The van der Waals surface area contributed by atoms with Crippen LogP contribution in [0.5, 0.6) is 11.5 Å². The van der Waals surface area contributed by atoms with Crippen LogP contribution in [-0.4, -0.2) is 55.4 Å². The molecule has 0 unspecified atom stereocenters. The molecule has 29 heavy (non-hydrogen) atoms. The molecule has 0 aliphatic carbocycles. The highest BCUT2D eigenvalue weighted by atomic mass is 16.6. The number of fused-ring (bicyclic) bond motifs is 2. The molecule has 0 radical (unpaired) electrons. The largest absolute Gasteiger partial charge is 0.486 e. The Bertz CT molecular complexity index is 1070. The molecule has 2 aromatic heterocycles. The van der Waals surface area contributed by atoms with Crippen molar-refractivity contribution in [3.63, 3.8) is 0 Å². The Morgan fingerprint density at radius 3 is 2.69 bits per heavy atom. The van der Waals surface area contributed by atoms with Gasteiger partial charge in [0.05, 0.1) is 24.2 Å². The van der Waals surface area contributed by atoms with Crippen LogP contribution in [0.1, 0.15) is 16.1 Å². The fourth-order valence-corrected chi connectivity index (χ4v) is 3.63. The number of carbonyl (C=O) groups excluding carboxylic acids is 1. The van der Waals surface area contributed by atoms with Gasteiger partial charge in [0.25, 0.3) is 5.91 Å². The third-order valence-electron chi connectivity index (χ3n) is 4.98. The van der Waals surface area contributed by atoms with Crippen LogP contribution < -0.4 is 19.7 Å². The van der Waals surface area contributed by atoms with Gasteiger partial charge in [-0.1, -0.05) is 0 Å². The van der Waals surface area contributed by atoms with Crippen LogP contribution in [0.2, 0.25) is 0 Å². The van der Waals surface area contributed by atoms with E-state index in [-0.39, 0.29) is 5.91 Å². The third kappa shape index (κ3) is 3.23. The molecule has 2 aliphatic rings. The average Bonchev–Trinajstić information content (AvgIpc) is 3.10. The Hall–Kier alpha value is -3.33. The lowest BCUT2D eigenvalue weighted by atomic mass is 10.1. The number of carbonyl (C=O) groups is 1. The number of anilines is 2. The Kier molecular flexibility index (Phi) is 4.44. The summed E-state index contributed by atoms with van der Waals surface area (Å²) in [4.78, 5) is 23.9. The average molecular weight is 396 g/mol. The molecule has 5 rings (SSSR count). The molecule has 4 heterocycles. The van der Waals surface area contributed by atoms with E-state index in [1.54, 1.807) is 25.1 Å². The van der Waals surface area contributed by atoms with Gasteiger partial charge in [-0.05, 0) is 19.1 Å². The maximum absolute atomic E-state index is 13.2. The van der Waals surface area contributed by atoms with Crippen LogP contribution in [0.25, 0.3) is 11.1 Å². The zero-order valence-corrected chi connectivity index (χ0v) is 15.9. The zero-order valence-electron chi connectivity index (χ0n) is 15.9. The van der Waals surface area contributed by atoms with E-state index >= 15 is 0 Å². The van der Waals surface area contributed by atoms with Crippen LogP contribution in [0, 0.1) is 6.92 Å². The highest BCUT2D eigenvalue weighted by Gasteiger charge is 2.26. The number of amides is 1. The topological polar surface area (TPSA) is 99.0 Å². The molecule has 2 aliphatic heterocycles. The molecule has 1 amide bonds. The number of furan rings is 1. The van der Waals surface area contributed by atoms with E-state index in [2.05, 4.69) is 20.2 Å². The summed E-state index contributed by atoms with van der Waals surface area (Å²) in [6.07, 6.45) is 1.46. The van der Waals surface area contributed by atoms with Gasteiger partial charge in [-0.25, -0.2) is 9.97 Å². The zero-order chi connectivity index (χ0) is 19.8. The molecule has 3 aromatic rings. The minimum absolute atomic E-state index is 0.290. The summed E-state index contributed by atoms with van der Waals surface area (Å²) in [5.74, 6) is 2.16. The summed E-state index contributed by atoms with van der Waals surface area (Å²) < 4.78 is 22.3. The van der Waals surface area contributed by atoms with E-state index in [9.17, 15) is 4.79 Å². The highest BCUT2D eigenvalue weighted by Crippen LogP contribution is 2.35. The standard InChI is InChI=1S/C20H20N4O5/c1-12-16(19(25)23-13-2-3-14-15(10-13)28-9-8-27-14)17-18(21-11-22-20(17)29-12)24-4-6-26-7-5-24/h2-3,10-11H,4-9H2,1H3,(H,23,25). The number of nitrogens with zero attached hydrogens (tertiary/aromatic N) is 3. The summed E-state index contributed by atoms with van der Waals surface area (Å²) in [7, 11) is 0. The molecule has 9 heteroatoms. The van der Waals surface area contributed by atoms with E-state index in [0.29, 0.717) is 84.9 Å². The molecular weight excluding hydrogens is 376 g/mol. The molecule has 0 bridgehead atoms. The first kappa shape index (κ1) is 17.7. The molecule has 150 valence electrons. The lowest BCUT2D eigenvalue weighted by Crippen LogP contribution is -2.37. The van der Waals surface area contributed by atoms with Crippen molar-refractivity contribution in [1.29, 1.82) is 0 Å². The summed E-state index contributed by atoms with van der Waals surface area (Å²) in [5.41, 5.74) is 1.43. The Labute approximate surface area is 166 Å². The number of benzene rings is 1. The van der Waals surface area contributed by atoms with Crippen molar-refractivity contribution in [2.45, 2.75) is 6.92 Å². The second-order valence-corrected chi connectivity index (χ2v) is 6.82. The van der Waals surface area contributed by atoms with Gasteiger partial charge in [0.1, 0.15) is 31.1 Å². The maximum atomic E-state index is 13.2. The minimum Gasteiger partial charge on any atom is -0.486 e. The first-order valence-corrected chi connectivity index (χ1v) is 9.48. The van der Waals surface area contributed by atoms with Crippen molar-refractivity contribution in [2.75, 3.05) is 49.7 Å². The van der Waals surface area contributed by atoms with Gasteiger partial charge in [0.15, 0.2) is 11.5 Å². The Morgan fingerprint density at radius 2 is 1.86 bits per heavy atom. The molecular formula is C20H20N4O5. The number of ether oxygens (including phenoxy) is 3. The first-order valence-electron chi connectivity index (χ1n) is 9.48. The summed E-state index contributed by atoms with van der Waals surface area (Å²) in [6, 6.07) is 5.32. The van der Waals surface area contributed by atoms with Gasteiger partial charge in [-0.3, -0.25) is 4.79 Å². The second-order valence-electron chi connectivity index (χ2n) is 6.82. The fraction of sp³-hybridized carbons (Fsp3) is 0.350. The van der Waals surface area contributed by atoms with Crippen molar-refractivity contribution >= 4 is 28.5 Å². The molecule has 1 saturated heterocycles. The van der Waals surface area contributed by atoms with Crippen molar-refractivity contribution in [3.05, 3.63) is 35.9 Å². The number of rotatable bonds is 3. The van der Waals surface area contributed by atoms with Crippen LogP contribution in [0.4, 0.5) is 11.5 Å². The lowest BCUT2D eigenvalue weighted by Gasteiger charge is -2.28. The normalized spacial score (nSPS) is 16.1. The van der Waals surface area contributed by atoms with Gasteiger partial charge < -0.3 is 28.8 Å². The maximum Gasteiger partial charge on any atom is 0.260 e. The quantitative estimate of drug-likeness (QED) is 0.721. The number of nitrogens with one attached hydrogen (secondary N) is 1.